The molecule has 0 atom stereocenters. The van der Waals surface area contributed by atoms with Gasteiger partial charge < -0.3 is 0 Å². The van der Waals surface area contributed by atoms with Crippen molar-refractivity contribution in [3.8, 4) is 0 Å². The molecular weight excluding hydrogens is 370 g/mol. The van der Waals surface area contributed by atoms with Crippen LogP contribution in [0.3, 0.4) is 0 Å². The normalized spacial score (nSPS) is 11.1. The van der Waals surface area contributed by atoms with E-state index >= 15 is 0 Å². The Kier molecular flexibility index (Phi) is 4.46. The van der Waals surface area contributed by atoms with Gasteiger partial charge in [0.15, 0.2) is 0 Å². The maximum atomic E-state index is 4.83. The first kappa shape index (κ1) is 13.3. The first-order valence-electron chi connectivity index (χ1n) is 4.71. The van der Waals surface area contributed by atoms with Gasteiger partial charge in [-0.3, -0.25) is 0 Å². The molecule has 6 heteroatoms. The average molecular weight is 379 g/mol. The van der Waals surface area contributed by atoms with Crippen LogP contribution in [0.15, 0.2) is 38.1 Å². The Labute approximate surface area is 120 Å². The van der Waals surface area contributed by atoms with Crippen LogP contribution in [-0.2, 0) is 9.32 Å². The molecule has 0 fully saturated rings. The number of halogens is 2. The Morgan fingerprint density at radius 1 is 1.06 bits per heavy atom. The maximum Gasteiger partial charge on any atom is 0.0705 e. The molecule has 0 aliphatic heterocycles. The highest BCUT2D eigenvalue weighted by Crippen LogP contribution is 2.33. The molecule has 2 N–H and O–H groups in total. The van der Waals surface area contributed by atoms with Gasteiger partial charge in [-0.1, -0.05) is 6.07 Å². The zero-order valence-electron chi connectivity index (χ0n) is 8.87. The predicted octanol–water partition coefficient (Wildman–Crippen LogP) is 4.50. The van der Waals surface area contributed by atoms with E-state index in [1.54, 1.807) is 0 Å². The Morgan fingerprint density at radius 2 is 1.65 bits per heavy atom. The van der Waals surface area contributed by atoms with Gasteiger partial charge in [-0.15, -0.1) is 9.32 Å². The molecule has 3 nitrogen and oxygen atoms in total. The fourth-order valence-electron chi connectivity index (χ4n) is 1.53. The van der Waals surface area contributed by atoms with Crippen LogP contribution in [0.1, 0.15) is 5.56 Å². The summed E-state index contributed by atoms with van der Waals surface area (Å²) in [7, 11) is 0. The predicted molar refractivity (Wildman–Crippen MR) is 76.3 cm³/mol. The second-order valence-electron chi connectivity index (χ2n) is 3.48. The molecule has 0 saturated heterocycles. The molecule has 0 aliphatic rings. The molecule has 2 aromatic rings. The Balaban J connectivity index is 2.51. The van der Waals surface area contributed by atoms with E-state index in [4.69, 9.17) is 5.90 Å². The average Bonchev–Trinajstić information content (AvgIpc) is 2.29. The molecule has 90 valence electrons. The van der Waals surface area contributed by atoms with Gasteiger partial charge in [-0.2, -0.15) is 5.90 Å². The monoisotopic (exact) mass is 377 g/mol. The third-order valence-electron chi connectivity index (χ3n) is 2.34. The van der Waals surface area contributed by atoms with Gasteiger partial charge in [0.05, 0.1) is 12.0 Å². The van der Waals surface area contributed by atoms with E-state index in [2.05, 4.69) is 53.3 Å². The third-order valence-corrected chi connectivity index (χ3v) is 4.95. The summed E-state index contributed by atoms with van der Waals surface area (Å²) in [6.45, 7) is 2.01. The smallest absolute Gasteiger partial charge is 0.0705 e. The Morgan fingerprint density at radius 3 is 2.24 bits per heavy atom. The van der Waals surface area contributed by atoms with E-state index in [0.29, 0.717) is 0 Å². The second-order valence-corrected chi connectivity index (χ2v) is 5.93. The van der Waals surface area contributed by atoms with Crippen molar-refractivity contribution >= 4 is 54.7 Å². The van der Waals surface area contributed by atoms with Gasteiger partial charge in [0.25, 0.3) is 0 Å². The standard InChI is InChI=1S/C11H9Br2NO2S/c1-6-2-7-3-9(12)10(13)4-8(7)5-11(6)17-16-15-14/h2-5H,14H2,1H3. The molecular formula is C11H9Br2NO2S. The molecule has 0 unspecified atom stereocenters. The minimum atomic E-state index is 0.970. The number of hydrogen-bond acceptors (Lipinski definition) is 4. The highest BCUT2D eigenvalue weighted by Gasteiger charge is 2.06. The Hall–Kier alpha value is -0.110. The zero-order chi connectivity index (χ0) is 12.4. The summed E-state index contributed by atoms with van der Waals surface area (Å²) in [6, 6.07) is 8.24. The number of hydrogen-bond donors (Lipinski definition) is 1. The first-order valence-corrected chi connectivity index (χ1v) is 7.04. The SMILES string of the molecule is Cc1cc2cc(Br)c(Br)cc2cc1SOON. The van der Waals surface area contributed by atoms with Crippen molar-refractivity contribution in [1.29, 1.82) is 0 Å². The molecule has 0 heterocycles. The number of benzene rings is 2. The second kappa shape index (κ2) is 5.69. The third kappa shape index (κ3) is 3.01. The van der Waals surface area contributed by atoms with E-state index in [1.807, 2.05) is 19.1 Å². The fraction of sp³-hybridized carbons (Fsp3) is 0.0909. The number of fused-ring (bicyclic) bond motifs is 1. The highest BCUT2D eigenvalue weighted by molar-refractivity contribution is 9.13. The molecule has 0 amide bonds. The van der Waals surface area contributed by atoms with E-state index in [-0.39, 0.29) is 0 Å². The van der Waals surface area contributed by atoms with Crippen molar-refractivity contribution in [3.63, 3.8) is 0 Å². The van der Waals surface area contributed by atoms with Gasteiger partial charge in [0.2, 0.25) is 0 Å². The van der Waals surface area contributed by atoms with Crippen LogP contribution >= 0.6 is 43.9 Å². The van der Waals surface area contributed by atoms with Crippen LogP contribution in [-0.4, -0.2) is 0 Å². The number of aryl methyl sites for hydroxylation is 1. The summed E-state index contributed by atoms with van der Waals surface area (Å²) in [5.74, 6) is 4.83. The summed E-state index contributed by atoms with van der Waals surface area (Å²) in [5, 5.41) is 2.28. The van der Waals surface area contributed by atoms with Gasteiger partial charge in [-0.25, -0.2) is 0 Å². The summed E-state index contributed by atoms with van der Waals surface area (Å²) >= 11 is 8.07. The molecule has 0 spiro atoms. The van der Waals surface area contributed by atoms with Crippen molar-refractivity contribution in [1.82, 2.24) is 0 Å². The summed E-state index contributed by atoms with van der Waals surface area (Å²) < 4.78 is 6.73. The molecule has 0 aromatic heterocycles. The lowest BCUT2D eigenvalue weighted by Gasteiger charge is -2.07. The van der Waals surface area contributed by atoms with Crippen LogP contribution < -0.4 is 5.90 Å². The zero-order valence-corrected chi connectivity index (χ0v) is 12.9. The molecule has 0 saturated carbocycles. The van der Waals surface area contributed by atoms with Gasteiger partial charge >= 0.3 is 0 Å². The van der Waals surface area contributed by atoms with Crippen LogP contribution in [0, 0.1) is 6.92 Å². The van der Waals surface area contributed by atoms with Gasteiger partial charge in [-0.05, 0) is 73.3 Å². The lowest BCUT2D eigenvalue weighted by Crippen LogP contribution is -1.94. The number of nitrogens with two attached hydrogens (primary N) is 1. The van der Waals surface area contributed by atoms with Crippen LogP contribution in [0.25, 0.3) is 10.8 Å². The van der Waals surface area contributed by atoms with E-state index in [1.165, 1.54) is 0 Å². The topological polar surface area (TPSA) is 44.5 Å². The summed E-state index contributed by atoms with van der Waals surface area (Å²) in [5.41, 5.74) is 1.11. The highest BCUT2D eigenvalue weighted by atomic mass is 79.9. The number of rotatable bonds is 3. The Bertz CT molecular complexity index is 563. The lowest BCUT2D eigenvalue weighted by molar-refractivity contribution is -0.195. The minimum Gasteiger partial charge on any atom is -0.182 e. The maximum absolute atomic E-state index is 4.83. The van der Waals surface area contributed by atoms with E-state index < -0.39 is 0 Å². The van der Waals surface area contributed by atoms with Gasteiger partial charge in [0.1, 0.15) is 0 Å². The molecule has 0 bridgehead atoms. The summed E-state index contributed by atoms with van der Waals surface area (Å²) in [4.78, 5) is 5.07. The first-order chi connectivity index (χ1) is 8.11. The van der Waals surface area contributed by atoms with Crippen LogP contribution in [0.2, 0.25) is 0 Å². The quantitative estimate of drug-likeness (QED) is 0.485. The van der Waals surface area contributed by atoms with Gasteiger partial charge in [0, 0.05) is 13.8 Å². The molecule has 2 rings (SSSR count). The molecule has 0 radical (unpaired) electrons. The van der Waals surface area contributed by atoms with Crippen molar-refractivity contribution in [2.75, 3.05) is 0 Å². The minimum absolute atomic E-state index is 0.970. The van der Waals surface area contributed by atoms with Crippen LogP contribution in [0.4, 0.5) is 0 Å². The largest absolute Gasteiger partial charge is 0.182 e. The van der Waals surface area contributed by atoms with E-state index in [9.17, 15) is 0 Å². The van der Waals surface area contributed by atoms with Crippen molar-refractivity contribution < 1.29 is 9.32 Å². The van der Waals surface area contributed by atoms with Crippen molar-refractivity contribution in [3.05, 3.63) is 38.8 Å². The van der Waals surface area contributed by atoms with Crippen molar-refractivity contribution in [2.24, 2.45) is 5.90 Å². The molecule has 17 heavy (non-hydrogen) atoms. The van der Waals surface area contributed by atoms with Crippen molar-refractivity contribution in [2.45, 2.75) is 11.8 Å². The molecule has 0 aliphatic carbocycles. The fourth-order valence-corrected chi connectivity index (χ4v) is 2.73. The summed E-state index contributed by atoms with van der Waals surface area (Å²) in [6.07, 6.45) is 0. The van der Waals surface area contributed by atoms with E-state index in [0.717, 1.165) is 42.2 Å². The molecule has 2 aromatic carbocycles. The lowest BCUT2D eigenvalue weighted by atomic mass is 10.1. The van der Waals surface area contributed by atoms with Crippen LogP contribution in [0.5, 0.6) is 0 Å².